The van der Waals surface area contributed by atoms with Crippen LogP contribution in [-0.4, -0.2) is 27.8 Å². The third kappa shape index (κ3) is 4.30. The molecule has 4 nitrogen and oxygen atoms in total. The highest BCUT2D eigenvalue weighted by Gasteiger charge is 2.23. The number of carbonyl (C=O) groups excluding carboxylic acids is 1. The second-order valence-electron chi connectivity index (χ2n) is 5.03. The summed E-state index contributed by atoms with van der Waals surface area (Å²) in [4.78, 5) is 12.0. The van der Waals surface area contributed by atoms with Gasteiger partial charge in [0.05, 0.1) is 17.6 Å². The monoisotopic (exact) mass is 376 g/mol. The molecule has 1 aromatic carbocycles. The smallest absolute Gasteiger partial charge is 0.339 e. The number of ether oxygens (including phenoxy) is 1. The predicted molar refractivity (Wildman–Crippen MR) is 86.5 cm³/mol. The topological polar surface area (TPSA) is 60.4 Å². The molecular formula is C15H21BrO4S. The molecule has 0 saturated carbocycles. The summed E-state index contributed by atoms with van der Waals surface area (Å²) in [6, 6.07) is 3.16. The van der Waals surface area contributed by atoms with Crippen LogP contribution in [0.5, 0.6) is 0 Å². The van der Waals surface area contributed by atoms with Gasteiger partial charge in [-0.3, -0.25) is 0 Å². The maximum Gasteiger partial charge on any atom is 0.339 e. The van der Waals surface area contributed by atoms with Gasteiger partial charge in [-0.15, -0.1) is 0 Å². The van der Waals surface area contributed by atoms with Gasteiger partial charge in [-0.2, -0.15) is 0 Å². The number of hydrogen-bond acceptors (Lipinski definition) is 4. The summed E-state index contributed by atoms with van der Waals surface area (Å²) in [7, 11) is -2.14. The van der Waals surface area contributed by atoms with E-state index in [-0.39, 0.29) is 16.4 Å². The van der Waals surface area contributed by atoms with Crippen LogP contribution in [0.25, 0.3) is 0 Å². The van der Waals surface area contributed by atoms with E-state index in [9.17, 15) is 13.2 Å². The van der Waals surface area contributed by atoms with E-state index in [0.29, 0.717) is 4.47 Å². The zero-order valence-corrected chi connectivity index (χ0v) is 15.2. The van der Waals surface area contributed by atoms with Crippen molar-refractivity contribution in [1.29, 1.82) is 0 Å². The van der Waals surface area contributed by atoms with E-state index in [1.165, 1.54) is 19.4 Å². The van der Waals surface area contributed by atoms with Gasteiger partial charge in [0.15, 0.2) is 9.84 Å². The van der Waals surface area contributed by atoms with Gasteiger partial charge in [0.1, 0.15) is 0 Å². The number of methoxy groups -OCH3 is 1. The van der Waals surface area contributed by atoms with Gasteiger partial charge in [-0.25, -0.2) is 13.2 Å². The molecule has 0 saturated heterocycles. The fourth-order valence-corrected chi connectivity index (χ4v) is 3.91. The molecule has 0 aliphatic carbocycles. The van der Waals surface area contributed by atoms with Gasteiger partial charge in [0, 0.05) is 10.7 Å². The van der Waals surface area contributed by atoms with Crippen LogP contribution < -0.4 is 0 Å². The molecule has 0 spiro atoms. The number of sulfone groups is 1. The molecular weight excluding hydrogens is 356 g/mol. The van der Waals surface area contributed by atoms with Crippen molar-refractivity contribution in [2.45, 2.75) is 43.9 Å². The Morgan fingerprint density at radius 3 is 2.38 bits per heavy atom. The summed E-state index contributed by atoms with van der Waals surface area (Å²) in [5, 5.41) is 0. The summed E-state index contributed by atoms with van der Waals surface area (Å²) < 4.78 is 29.4. The van der Waals surface area contributed by atoms with Crippen LogP contribution in [0.3, 0.4) is 0 Å². The quantitative estimate of drug-likeness (QED) is 0.705. The maximum atomic E-state index is 12.1. The first-order valence-corrected chi connectivity index (χ1v) is 9.56. The van der Waals surface area contributed by atoms with Crippen molar-refractivity contribution < 1.29 is 17.9 Å². The summed E-state index contributed by atoms with van der Waals surface area (Å²) in [5.74, 6) is -0.399. The lowest BCUT2D eigenvalue weighted by Gasteiger charge is -2.19. The summed E-state index contributed by atoms with van der Waals surface area (Å²) in [5.41, 5.74) is 0.995. The Balaban J connectivity index is 3.57. The van der Waals surface area contributed by atoms with Crippen LogP contribution in [0, 0.1) is 0 Å². The number of rotatable bonds is 6. The number of carbonyl (C=O) groups is 1. The minimum absolute atomic E-state index is 0.155. The van der Waals surface area contributed by atoms with Crippen molar-refractivity contribution >= 4 is 31.7 Å². The molecule has 118 valence electrons. The van der Waals surface area contributed by atoms with Gasteiger partial charge < -0.3 is 4.74 Å². The molecule has 0 aromatic heterocycles. The molecule has 0 heterocycles. The van der Waals surface area contributed by atoms with Crippen molar-refractivity contribution in [3.63, 3.8) is 0 Å². The second kappa shape index (κ2) is 7.40. The van der Waals surface area contributed by atoms with E-state index < -0.39 is 15.8 Å². The molecule has 0 fully saturated rings. The second-order valence-corrected chi connectivity index (χ2v) is 7.87. The normalized spacial score (nSPS) is 13.0. The van der Waals surface area contributed by atoms with Crippen molar-refractivity contribution in [3.8, 4) is 0 Å². The lowest BCUT2D eigenvalue weighted by molar-refractivity contribution is 0.0599. The molecule has 0 aliphatic heterocycles. The Hall–Kier alpha value is -0.880. The minimum atomic E-state index is -3.42. The maximum absolute atomic E-state index is 12.1. The standard InChI is InChI=1S/C15H21BrO4S/c1-5-7-10(6-2)11-8-13(16)12(15(17)20-3)9-14(11)21(4,18)19/h8-10H,5-7H2,1-4H3. The van der Waals surface area contributed by atoms with E-state index >= 15 is 0 Å². The number of halogens is 1. The molecule has 6 heteroatoms. The molecule has 0 N–H and O–H groups in total. The van der Waals surface area contributed by atoms with Crippen molar-refractivity contribution in [3.05, 3.63) is 27.7 Å². The molecule has 0 amide bonds. The molecule has 21 heavy (non-hydrogen) atoms. The molecule has 1 unspecified atom stereocenters. The van der Waals surface area contributed by atoms with Crippen molar-refractivity contribution in [2.75, 3.05) is 13.4 Å². The van der Waals surface area contributed by atoms with Gasteiger partial charge in [-0.05, 0) is 52.4 Å². The average molecular weight is 377 g/mol. The zero-order valence-electron chi connectivity index (χ0n) is 12.8. The van der Waals surface area contributed by atoms with Gasteiger partial charge >= 0.3 is 5.97 Å². The third-order valence-electron chi connectivity index (χ3n) is 3.47. The Morgan fingerprint density at radius 1 is 1.33 bits per heavy atom. The highest BCUT2D eigenvalue weighted by Crippen LogP contribution is 2.34. The van der Waals surface area contributed by atoms with Crippen LogP contribution in [0.2, 0.25) is 0 Å². The Kier molecular flexibility index (Phi) is 6.41. The van der Waals surface area contributed by atoms with E-state index in [4.69, 9.17) is 4.74 Å². The van der Waals surface area contributed by atoms with E-state index in [1.54, 1.807) is 6.07 Å². The number of esters is 1. The summed E-state index contributed by atoms with van der Waals surface area (Å²) >= 11 is 3.34. The van der Waals surface area contributed by atoms with Crippen molar-refractivity contribution in [2.24, 2.45) is 0 Å². The minimum Gasteiger partial charge on any atom is -0.465 e. The van der Waals surface area contributed by atoms with Gasteiger partial charge in [-0.1, -0.05) is 20.3 Å². The SMILES string of the molecule is CCCC(CC)c1cc(Br)c(C(=O)OC)cc1S(C)(=O)=O. The first kappa shape index (κ1) is 18.2. The van der Waals surface area contributed by atoms with Crippen LogP contribution >= 0.6 is 15.9 Å². The molecule has 1 rings (SSSR count). The molecule has 1 atom stereocenters. The first-order valence-electron chi connectivity index (χ1n) is 6.88. The highest BCUT2D eigenvalue weighted by molar-refractivity contribution is 9.10. The number of hydrogen-bond donors (Lipinski definition) is 0. The molecule has 0 aliphatic rings. The van der Waals surface area contributed by atoms with Gasteiger partial charge in [0.25, 0.3) is 0 Å². The van der Waals surface area contributed by atoms with E-state index in [0.717, 1.165) is 24.8 Å². The fraction of sp³-hybridized carbons (Fsp3) is 0.533. The Labute approximate surface area is 134 Å². The molecule has 0 bridgehead atoms. The lowest BCUT2D eigenvalue weighted by Crippen LogP contribution is -2.11. The zero-order chi connectivity index (χ0) is 16.2. The molecule has 0 radical (unpaired) electrons. The van der Waals surface area contributed by atoms with Crippen LogP contribution in [0.1, 0.15) is 54.9 Å². The van der Waals surface area contributed by atoms with Crippen molar-refractivity contribution in [1.82, 2.24) is 0 Å². The van der Waals surface area contributed by atoms with Crippen LogP contribution in [0.4, 0.5) is 0 Å². The van der Waals surface area contributed by atoms with E-state index in [1.807, 2.05) is 6.92 Å². The fourth-order valence-electron chi connectivity index (χ4n) is 2.40. The third-order valence-corrected chi connectivity index (χ3v) is 5.28. The summed E-state index contributed by atoms with van der Waals surface area (Å²) in [6.45, 7) is 4.11. The predicted octanol–water partition coefficient (Wildman–Crippen LogP) is 3.93. The number of benzene rings is 1. The van der Waals surface area contributed by atoms with Crippen LogP contribution in [0.15, 0.2) is 21.5 Å². The van der Waals surface area contributed by atoms with Gasteiger partial charge in [0.2, 0.25) is 0 Å². The average Bonchev–Trinajstić information content (AvgIpc) is 2.42. The Morgan fingerprint density at radius 2 is 1.95 bits per heavy atom. The largest absolute Gasteiger partial charge is 0.465 e. The highest BCUT2D eigenvalue weighted by atomic mass is 79.9. The van der Waals surface area contributed by atoms with Crippen LogP contribution in [-0.2, 0) is 14.6 Å². The molecule has 1 aromatic rings. The lowest BCUT2D eigenvalue weighted by atomic mass is 9.91. The first-order chi connectivity index (χ1) is 9.76. The Bertz CT molecular complexity index is 623. The van der Waals surface area contributed by atoms with E-state index in [2.05, 4.69) is 22.9 Å². The summed E-state index contributed by atoms with van der Waals surface area (Å²) in [6.07, 6.45) is 3.89.